The Morgan fingerprint density at radius 3 is 2.37 bits per heavy atom. The van der Waals surface area contributed by atoms with E-state index in [1.54, 1.807) is 18.2 Å². The SMILES string of the molecule is CN1CCN(C2C(=O)c3ccccc3C(=O)C2=Nc2cccc(Br)c2)CC1. The number of likely N-dealkylation sites (N-methyl/N-ethyl adjacent to an activating group) is 1. The number of aliphatic imine (C=N–C) groups is 1. The quantitative estimate of drug-likeness (QED) is 0.740. The molecule has 1 unspecified atom stereocenters. The average molecular weight is 426 g/mol. The number of ketones is 2. The van der Waals surface area contributed by atoms with E-state index in [4.69, 9.17) is 0 Å². The zero-order valence-electron chi connectivity index (χ0n) is 15.1. The Balaban J connectivity index is 1.82. The fraction of sp³-hybridized carbons (Fsp3) is 0.286. The third-order valence-electron chi connectivity index (χ3n) is 5.14. The summed E-state index contributed by atoms with van der Waals surface area (Å²) in [5.74, 6) is -0.197. The number of rotatable bonds is 2. The van der Waals surface area contributed by atoms with Crippen LogP contribution < -0.4 is 0 Å². The molecule has 1 aliphatic carbocycles. The molecule has 0 amide bonds. The summed E-state index contributed by atoms with van der Waals surface area (Å²) in [5.41, 5.74) is 1.93. The molecule has 2 aromatic rings. The normalized spacial score (nSPS) is 22.9. The summed E-state index contributed by atoms with van der Waals surface area (Å²) >= 11 is 3.44. The van der Waals surface area contributed by atoms with Gasteiger partial charge in [0.2, 0.25) is 5.78 Å². The van der Waals surface area contributed by atoms with E-state index in [2.05, 4.69) is 37.8 Å². The maximum atomic E-state index is 13.3. The van der Waals surface area contributed by atoms with Gasteiger partial charge in [0.05, 0.1) is 5.69 Å². The number of hydrogen-bond donors (Lipinski definition) is 0. The Kier molecular flexibility index (Phi) is 5.04. The first kappa shape index (κ1) is 18.2. The maximum absolute atomic E-state index is 13.3. The van der Waals surface area contributed by atoms with Crippen molar-refractivity contribution < 1.29 is 9.59 Å². The van der Waals surface area contributed by atoms with E-state index in [-0.39, 0.29) is 11.6 Å². The molecule has 1 saturated heterocycles. The topological polar surface area (TPSA) is 53.0 Å². The van der Waals surface area contributed by atoms with E-state index in [0.29, 0.717) is 22.5 Å². The van der Waals surface area contributed by atoms with Gasteiger partial charge in [0, 0.05) is 41.8 Å². The second kappa shape index (κ2) is 7.46. The number of piperazine rings is 1. The van der Waals surface area contributed by atoms with E-state index < -0.39 is 6.04 Å². The van der Waals surface area contributed by atoms with Crippen LogP contribution in [0.2, 0.25) is 0 Å². The molecule has 138 valence electrons. The molecule has 5 nitrogen and oxygen atoms in total. The molecule has 6 heteroatoms. The van der Waals surface area contributed by atoms with Crippen molar-refractivity contribution >= 4 is 38.9 Å². The van der Waals surface area contributed by atoms with Gasteiger partial charge in [-0.15, -0.1) is 0 Å². The summed E-state index contributed by atoms with van der Waals surface area (Å²) in [6.45, 7) is 3.20. The predicted molar refractivity (Wildman–Crippen MR) is 109 cm³/mol. The van der Waals surface area contributed by atoms with Gasteiger partial charge in [0.1, 0.15) is 11.8 Å². The molecule has 1 atom stereocenters. The van der Waals surface area contributed by atoms with Crippen LogP contribution >= 0.6 is 15.9 Å². The predicted octanol–water partition coefficient (Wildman–Crippen LogP) is 3.22. The van der Waals surface area contributed by atoms with Crippen LogP contribution in [0.25, 0.3) is 0 Å². The van der Waals surface area contributed by atoms with Crippen molar-refractivity contribution in [1.82, 2.24) is 9.80 Å². The molecule has 27 heavy (non-hydrogen) atoms. The van der Waals surface area contributed by atoms with Crippen LogP contribution in [-0.2, 0) is 0 Å². The smallest absolute Gasteiger partial charge is 0.210 e. The number of benzene rings is 2. The van der Waals surface area contributed by atoms with Gasteiger partial charge in [-0.3, -0.25) is 14.5 Å². The molecule has 2 aliphatic rings. The number of hydrogen-bond acceptors (Lipinski definition) is 5. The largest absolute Gasteiger partial charge is 0.304 e. The summed E-state index contributed by atoms with van der Waals surface area (Å²) < 4.78 is 0.885. The van der Waals surface area contributed by atoms with Crippen molar-refractivity contribution in [3.05, 3.63) is 64.1 Å². The summed E-state index contributed by atoms with van der Waals surface area (Å²) in [6, 6.07) is 13.9. The average Bonchev–Trinajstić information content (AvgIpc) is 2.67. The summed E-state index contributed by atoms with van der Waals surface area (Å²) in [6.07, 6.45) is 0. The first-order valence-corrected chi connectivity index (χ1v) is 9.78. The maximum Gasteiger partial charge on any atom is 0.210 e. The highest BCUT2D eigenvalue weighted by atomic mass is 79.9. The third-order valence-corrected chi connectivity index (χ3v) is 5.63. The van der Waals surface area contributed by atoms with Gasteiger partial charge in [-0.05, 0) is 25.2 Å². The Labute approximate surface area is 166 Å². The van der Waals surface area contributed by atoms with Gasteiger partial charge in [0.25, 0.3) is 0 Å². The van der Waals surface area contributed by atoms with Crippen LogP contribution in [0.5, 0.6) is 0 Å². The van der Waals surface area contributed by atoms with Crippen molar-refractivity contribution in [2.45, 2.75) is 6.04 Å². The minimum atomic E-state index is -0.625. The molecule has 1 aliphatic heterocycles. The molecular formula is C21H20BrN3O2. The Morgan fingerprint density at radius 2 is 1.67 bits per heavy atom. The van der Waals surface area contributed by atoms with Crippen molar-refractivity contribution in [2.24, 2.45) is 4.99 Å². The van der Waals surface area contributed by atoms with E-state index >= 15 is 0 Å². The molecule has 0 spiro atoms. The lowest BCUT2D eigenvalue weighted by Gasteiger charge is -2.39. The van der Waals surface area contributed by atoms with Crippen LogP contribution in [0.1, 0.15) is 20.7 Å². The minimum absolute atomic E-state index is 0.0384. The summed E-state index contributed by atoms with van der Waals surface area (Å²) in [4.78, 5) is 35.5. The molecule has 0 saturated carbocycles. The minimum Gasteiger partial charge on any atom is -0.304 e. The number of halogens is 1. The van der Waals surface area contributed by atoms with E-state index in [0.717, 1.165) is 30.7 Å². The number of nitrogens with zero attached hydrogens (tertiary/aromatic N) is 3. The molecule has 0 aromatic heterocycles. The molecule has 4 rings (SSSR count). The molecule has 0 N–H and O–H groups in total. The Morgan fingerprint density at radius 1 is 0.963 bits per heavy atom. The lowest BCUT2D eigenvalue weighted by Crippen LogP contribution is -2.57. The van der Waals surface area contributed by atoms with E-state index in [1.807, 2.05) is 30.3 Å². The number of carbonyl (C=O) groups is 2. The van der Waals surface area contributed by atoms with Crippen molar-refractivity contribution in [2.75, 3.05) is 33.2 Å². The fourth-order valence-electron chi connectivity index (χ4n) is 3.65. The zero-order chi connectivity index (χ0) is 19.0. The summed E-state index contributed by atoms with van der Waals surface area (Å²) in [7, 11) is 2.07. The van der Waals surface area contributed by atoms with Gasteiger partial charge < -0.3 is 4.90 Å². The number of Topliss-reactive ketones (excluding diaryl/α,β-unsaturated/α-hetero) is 2. The van der Waals surface area contributed by atoms with Gasteiger partial charge in [-0.2, -0.15) is 0 Å². The van der Waals surface area contributed by atoms with Crippen LogP contribution in [0, 0.1) is 0 Å². The summed E-state index contributed by atoms with van der Waals surface area (Å²) in [5, 5.41) is 0. The second-order valence-corrected chi connectivity index (χ2v) is 7.87. The fourth-order valence-corrected chi connectivity index (χ4v) is 4.03. The number of fused-ring (bicyclic) bond motifs is 1. The number of carbonyl (C=O) groups excluding carboxylic acids is 2. The molecule has 2 aromatic carbocycles. The Hall–Kier alpha value is -2.15. The first-order valence-electron chi connectivity index (χ1n) is 8.99. The van der Waals surface area contributed by atoms with Gasteiger partial charge in [-0.1, -0.05) is 46.3 Å². The lowest BCUT2D eigenvalue weighted by atomic mass is 9.83. The highest BCUT2D eigenvalue weighted by Crippen LogP contribution is 2.27. The second-order valence-electron chi connectivity index (χ2n) is 6.96. The molecule has 0 radical (unpaired) electrons. The first-order chi connectivity index (χ1) is 13.0. The van der Waals surface area contributed by atoms with Crippen LogP contribution in [0.15, 0.2) is 58.0 Å². The highest BCUT2D eigenvalue weighted by molar-refractivity contribution is 9.10. The zero-order valence-corrected chi connectivity index (χ0v) is 16.6. The van der Waals surface area contributed by atoms with Crippen molar-refractivity contribution in [1.29, 1.82) is 0 Å². The van der Waals surface area contributed by atoms with Crippen LogP contribution in [0.3, 0.4) is 0 Å². The lowest BCUT2D eigenvalue weighted by molar-refractivity contribution is 0.0778. The van der Waals surface area contributed by atoms with E-state index in [9.17, 15) is 9.59 Å². The Bertz CT molecular complexity index is 933. The highest BCUT2D eigenvalue weighted by Gasteiger charge is 2.42. The molecule has 0 bridgehead atoms. The van der Waals surface area contributed by atoms with E-state index in [1.165, 1.54) is 0 Å². The third kappa shape index (κ3) is 3.52. The molecule has 1 heterocycles. The van der Waals surface area contributed by atoms with Gasteiger partial charge >= 0.3 is 0 Å². The van der Waals surface area contributed by atoms with Gasteiger partial charge in [0.15, 0.2) is 5.78 Å². The van der Waals surface area contributed by atoms with Crippen molar-refractivity contribution in [3.8, 4) is 0 Å². The molecular weight excluding hydrogens is 406 g/mol. The standard InChI is InChI=1S/C21H20BrN3O2/c1-24-9-11-25(12-10-24)19-18(23-15-6-4-5-14(22)13-15)20(26)16-7-2-3-8-17(16)21(19)27/h2-8,13,19H,9-12H2,1H3. The van der Waals surface area contributed by atoms with Crippen LogP contribution in [0.4, 0.5) is 5.69 Å². The van der Waals surface area contributed by atoms with Crippen molar-refractivity contribution in [3.63, 3.8) is 0 Å². The van der Waals surface area contributed by atoms with Gasteiger partial charge in [-0.25, -0.2) is 4.99 Å². The molecule has 1 fully saturated rings. The van der Waals surface area contributed by atoms with Crippen LogP contribution in [-0.4, -0.2) is 66.3 Å². The monoisotopic (exact) mass is 425 g/mol.